The summed E-state index contributed by atoms with van der Waals surface area (Å²) in [6.07, 6.45) is 11.2. The van der Waals surface area contributed by atoms with Gasteiger partial charge in [-0.15, -0.1) is 0 Å². The first-order valence-electron chi connectivity index (χ1n) is 13.9. The second kappa shape index (κ2) is 14.4. The number of fused-ring (bicyclic) bond motifs is 1. The highest BCUT2D eigenvalue weighted by molar-refractivity contribution is 5.88. The highest BCUT2D eigenvalue weighted by Gasteiger charge is 2.49. The minimum Gasteiger partial charge on any atom is -0.480 e. The monoisotopic (exact) mass is 500 g/mol. The number of carbonyl (C=O) groups excluding carboxylic acids is 2. The zero-order valence-electron chi connectivity index (χ0n) is 22.0. The van der Waals surface area contributed by atoms with Crippen LogP contribution in [0.25, 0.3) is 0 Å². The second-order valence-electron chi connectivity index (χ2n) is 10.5. The molecule has 0 radical (unpaired) electrons. The minimum absolute atomic E-state index is 0.00900. The van der Waals surface area contributed by atoms with Gasteiger partial charge in [-0.25, -0.2) is 4.79 Å². The number of aryl methyl sites for hydroxylation is 1. The van der Waals surface area contributed by atoms with Crippen molar-refractivity contribution in [3.63, 3.8) is 0 Å². The van der Waals surface area contributed by atoms with Gasteiger partial charge in [0.15, 0.2) is 0 Å². The van der Waals surface area contributed by atoms with E-state index in [2.05, 4.69) is 12.2 Å². The maximum Gasteiger partial charge on any atom is 0.326 e. The zero-order valence-corrected chi connectivity index (χ0v) is 22.0. The first kappa shape index (κ1) is 28.2. The number of hydrogen-bond donors (Lipinski definition) is 2. The van der Waals surface area contributed by atoms with Gasteiger partial charge >= 0.3 is 11.9 Å². The molecule has 0 bridgehead atoms. The number of carboxylic acid groups (broad SMARTS) is 1. The molecule has 1 heterocycles. The molecule has 0 spiro atoms. The van der Waals surface area contributed by atoms with Crippen molar-refractivity contribution in [1.29, 1.82) is 0 Å². The van der Waals surface area contributed by atoms with E-state index < -0.39 is 24.1 Å². The lowest BCUT2D eigenvalue weighted by Gasteiger charge is -2.32. The fourth-order valence-corrected chi connectivity index (χ4v) is 5.80. The van der Waals surface area contributed by atoms with Crippen molar-refractivity contribution in [3.05, 3.63) is 35.9 Å². The van der Waals surface area contributed by atoms with E-state index in [-0.39, 0.29) is 23.8 Å². The normalized spacial score (nSPS) is 22.7. The van der Waals surface area contributed by atoms with E-state index in [0.717, 1.165) is 44.1 Å². The maximum absolute atomic E-state index is 13.5. The Morgan fingerprint density at radius 3 is 2.53 bits per heavy atom. The summed E-state index contributed by atoms with van der Waals surface area (Å²) >= 11 is 0. The van der Waals surface area contributed by atoms with Crippen molar-refractivity contribution in [2.45, 2.75) is 115 Å². The molecule has 3 rings (SSSR count). The Balaban J connectivity index is 1.60. The number of benzene rings is 1. The van der Waals surface area contributed by atoms with Gasteiger partial charge in [-0.3, -0.25) is 14.9 Å². The van der Waals surface area contributed by atoms with Crippen LogP contribution >= 0.6 is 0 Å². The lowest BCUT2D eigenvalue weighted by molar-refractivity contribution is -0.151. The van der Waals surface area contributed by atoms with E-state index in [0.29, 0.717) is 25.9 Å². The van der Waals surface area contributed by atoms with E-state index in [4.69, 9.17) is 4.74 Å². The molecule has 2 fully saturated rings. The summed E-state index contributed by atoms with van der Waals surface area (Å²) in [6.45, 7) is 4.31. The molecule has 1 saturated heterocycles. The van der Waals surface area contributed by atoms with Crippen LogP contribution in [0.4, 0.5) is 0 Å². The van der Waals surface area contributed by atoms with Crippen molar-refractivity contribution in [3.8, 4) is 0 Å². The van der Waals surface area contributed by atoms with Crippen LogP contribution in [0, 0.1) is 5.92 Å². The lowest BCUT2D eigenvalue weighted by atomic mass is 10.0. The summed E-state index contributed by atoms with van der Waals surface area (Å²) < 4.78 is 5.61. The molecular formula is C29H44N2O5. The van der Waals surface area contributed by atoms with E-state index in [9.17, 15) is 19.5 Å². The van der Waals surface area contributed by atoms with Gasteiger partial charge < -0.3 is 14.7 Å². The highest BCUT2D eigenvalue weighted by Crippen LogP contribution is 2.41. The Morgan fingerprint density at radius 1 is 1.08 bits per heavy atom. The molecule has 200 valence electrons. The first-order chi connectivity index (χ1) is 17.4. The number of aliphatic carboxylic acids is 1. The van der Waals surface area contributed by atoms with Crippen LogP contribution in [0.2, 0.25) is 0 Å². The number of hydrogen-bond acceptors (Lipinski definition) is 5. The van der Waals surface area contributed by atoms with Crippen LogP contribution in [0.1, 0.15) is 90.0 Å². The molecule has 1 amide bonds. The third-order valence-corrected chi connectivity index (χ3v) is 7.79. The van der Waals surface area contributed by atoms with Gasteiger partial charge in [0.1, 0.15) is 12.1 Å². The summed E-state index contributed by atoms with van der Waals surface area (Å²) in [7, 11) is 0. The first-order valence-corrected chi connectivity index (χ1v) is 13.9. The van der Waals surface area contributed by atoms with Crippen LogP contribution in [-0.2, 0) is 25.5 Å². The number of rotatable bonds is 15. The number of unbranched alkanes of at least 4 members (excludes halogenated alkanes) is 5. The van der Waals surface area contributed by atoms with Gasteiger partial charge in [-0.2, -0.15) is 0 Å². The number of esters is 1. The molecule has 5 atom stereocenters. The Labute approximate surface area is 216 Å². The van der Waals surface area contributed by atoms with Crippen molar-refractivity contribution < 1.29 is 24.2 Å². The number of amides is 1. The molecule has 2 aliphatic rings. The Kier molecular flexibility index (Phi) is 11.2. The van der Waals surface area contributed by atoms with E-state index >= 15 is 0 Å². The fraction of sp³-hybridized carbons (Fsp3) is 0.690. The SMILES string of the molecule is CCCCCCCCOC(=O)C(CCc1ccccc1)NC(C)C(=O)N1[C@H](C(=O)O)C[C@@H]2CCC[C@@H]21. The minimum atomic E-state index is -0.941. The van der Waals surface area contributed by atoms with E-state index in [1.807, 2.05) is 30.3 Å². The van der Waals surface area contributed by atoms with Gasteiger partial charge in [-0.05, 0) is 56.9 Å². The Bertz CT molecular complexity index is 845. The fourth-order valence-electron chi connectivity index (χ4n) is 5.80. The number of nitrogens with one attached hydrogen (secondary N) is 1. The summed E-state index contributed by atoms with van der Waals surface area (Å²) in [4.78, 5) is 40.0. The second-order valence-corrected chi connectivity index (χ2v) is 10.5. The third kappa shape index (κ3) is 7.79. The Hall–Kier alpha value is -2.41. The molecule has 2 unspecified atom stereocenters. The number of nitrogens with zero attached hydrogens (tertiary/aromatic N) is 1. The average Bonchev–Trinajstić information content (AvgIpc) is 3.47. The molecule has 7 heteroatoms. The average molecular weight is 501 g/mol. The highest BCUT2D eigenvalue weighted by atomic mass is 16.5. The predicted molar refractivity (Wildman–Crippen MR) is 139 cm³/mol. The summed E-state index contributed by atoms with van der Waals surface area (Å²) in [5.74, 6) is -1.25. The molecular weight excluding hydrogens is 456 g/mol. The largest absolute Gasteiger partial charge is 0.480 e. The topological polar surface area (TPSA) is 95.9 Å². The van der Waals surface area contributed by atoms with Crippen molar-refractivity contribution in [2.24, 2.45) is 5.92 Å². The molecule has 1 aromatic rings. The molecule has 1 saturated carbocycles. The lowest BCUT2D eigenvalue weighted by Crippen LogP contribution is -2.55. The smallest absolute Gasteiger partial charge is 0.326 e. The van der Waals surface area contributed by atoms with Crippen molar-refractivity contribution >= 4 is 17.8 Å². The number of ether oxygens (including phenoxy) is 1. The molecule has 1 aliphatic carbocycles. The van der Waals surface area contributed by atoms with Gasteiger partial charge in [-0.1, -0.05) is 75.8 Å². The van der Waals surface area contributed by atoms with E-state index in [1.165, 1.54) is 19.3 Å². The van der Waals surface area contributed by atoms with Gasteiger partial charge in [0.2, 0.25) is 5.91 Å². The van der Waals surface area contributed by atoms with Gasteiger partial charge in [0.05, 0.1) is 12.6 Å². The third-order valence-electron chi connectivity index (χ3n) is 7.79. The summed E-state index contributed by atoms with van der Waals surface area (Å²) in [5.41, 5.74) is 1.12. The Morgan fingerprint density at radius 2 is 1.81 bits per heavy atom. The quantitative estimate of drug-likeness (QED) is 0.267. The van der Waals surface area contributed by atoms with Crippen LogP contribution in [0.15, 0.2) is 30.3 Å². The van der Waals surface area contributed by atoms with Crippen LogP contribution in [0.5, 0.6) is 0 Å². The number of carbonyl (C=O) groups is 3. The standard InChI is InChI=1S/C29H44N2O5/c1-3-4-5-6-7-11-19-36-29(35)24(18-17-22-13-9-8-10-14-22)30-21(2)27(32)31-25-16-12-15-23(25)20-26(31)28(33)34/h8-10,13-14,21,23-26,30H,3-7,11-12,15-20H2,1-2H3,(H,33,34)/t21?,23-,24?,25-,26-/m0/s1. The molecule has 7 nitrogen and oxygen atoms in total. The molecule has 2 N–H and O–H groups in total. The summed E-state index contributed by atoms with van der Waals surface area (Å²) in [6, 6.07) is 7.86. The van der Waals surface area contributed by atoms with E-state index in [1.54, 1.807) is 11.8 Å². The summed E-state index contributed by atoms with van der Waals surface area (Å²) in [5, 5.41) is 13.0. The number of likely N-dealkylation sites (tertiary alicyclic amines) is 1. The molecule has 1 aromatic carbocycles. The molecule has 36 heavy (non-hydrogen) atoms. The van der Waals surface area contributed by atoms with Crippen molar-refractivity contribution in [2.75, 3.05) is 6.61 Å². The predicted octanol–water partition coefficient (Wildman–Crippen LogP) is 4.72. The zero-order chi connectivity index (χ0) is 25.9. The van der Waals surface area contributed by atoms with Crippen molar-refractivity contribution in [1.82, 2.24) is 10.2 Å². The van der Waals surface area contributed by atoms with Gasteiger partial charge in [0.25, 0.3) is 0 Å². The number of carboxylic acids is 1. The van der Waals surface area contributed by atoms with Gasteiger partial charge in [0, 0.05) is 6.04 Å². The molecule has 1 aliphatic heterocycles. The van der Waals surface area contributed by atoms with Crippen LogP contribution < -0.4 is 5.32 Å². The molecule has 0 aromatic heterocycles. The maximum atomic E-state index is 13.5. The van der Waals surface area contributed by atoms with Crippen LogP contribution in [0.3, 0.4) is 0 Å². The van der Waals surface area contributed by atoms with Crippen LogP contribution in [-0.4, -0.2) is 58.6 Å².